The van der Waals surface area contributed by atoms with Gasteiger partial charge in [-0.05, 0) is 48.7 Å². The van der Waals surface area contributed by atoms with Gasteiger partial charge in [-0.25, -0.2) is 0 Å². The molecule has 0 spiro atoms. The normalized spacial score (nSPS) is 14.5. The van der Waals surface area contributed by atoms with E-state index < -0.39 is 0 Å². The minimum atomic E-state index is -0.128. The Hall–Kier alpha value is -2.37. The van der Waals surface area contributed by atoms with E-state index in [0.29, 0.717) is 10.7 Å². The molecule has 1 unspecified atom stereocenters. The molecular weight excluding hydrogens is 350 g/mol. The molecule has 0 saturated heterocycles. The van der Waals surface area contributed by atoms with Crippen molar-refractivity contribution in [1.82, 2.24) is 0 Å². The molecule has 0 fully saturated rings. The van der Waals surface area contributed by atoms with Gasteiger partial charge < -0.3 is 15.1 Å². The van der Waals surface area contributed by atoms with Gasteiger partial charge >= 0.3 is 0 Å². The number of amides is 2. The van der Waals surface area contributed by atoms with E-state index in [1.165, 1.54) is 5.56 Å². The van der Waals surface area contributed by atoms with Crippen molar-refractivity contribution >= 4 is 34.8 Å². The van der Waals surface area contributed by atoms with Gasteiger partial charge in [0, 0.05) is 22.9 Å². The number of fused-ring (bicyclic) bond motifs is 1. The largest absolute Gasteiger partial charge is 0.322 e. The quantitative estimate of drug-likeness (QED) is 0.840. The fourth-order valence-corrected chi connectivity index (χ4v) is 3.35. The van der Waals surface area contributed by atoms with Crippen molar-refractivity contribution < 1.29 is 14.5 Å². The predicted molar refractivity (Wildman–Crippen MR) is 104 cm³/mol. The van der Waals surface area contributed by atoms with Crippen LogP contribution < -0.4 is 15.1 Å². The molecular formula is C20H23ClN3O2+. The summed E-state index contributed by atoms with van der Waals surface area (Å²) >= 11 is 5.84. The number of rotatable bonds is 5. The molecule has 0 saturated carbocycles. The second-order valence-electron chi connectivity index (χ2n) is 6.64. The highest BCUT2D eigenvalue weighted by molar-refractivity contribution is 6.30. The molecule has 0 aromatic heterocycles. The maximum Gasteiger partial charge on any atom is 0.282 e. The van der Waals surface area contributed by atoms with Crippen LogP contribution in [-0.4, -0.2) is 38.5 Å². The summed E-state index contributed by atoms with van der Waals surface area (Å²) in [5.41, 5.74) is 2.91. The number of hydrogen-bond donors (Lipinski definition) is 2. The lowest BCUT2D eigenvalue weighted by atomic mass is 10.0. The lowest BCUT2D eigenvalue weighted by Crippen LogP contribution is -3.11. The van der Waals surface area contributed by atoms with Crippen molar-refractivity contribution in [3.63, 3.8) is 0 Å². The number of anilines is 2. The molecule has 136 valence electrons. The molecule has 2 aromatic carbocycles. The topological polar surface area (TPSA) is 53.9 Å². The summed E-state index contributed by atoms with van der Waals surface area (Å²) in [6, 6.07) is 15.0. The number of carbonyl (C=O) groups is 2. The van der Waals surface area contributed by atoms with Gasteiger partial charge in [0.2, 0.25) is 0 Å². The smallest absolute Gasteiger partial charge is 0.282 e. The zero-order chi connectivity index (χ0) is 18.5. The average Bonchev–Trinajstić information content (AvgIpc) is 2.63. The van der Waals surface area contributed by atoms with Gasteiger partial charge in [-0.1, -0.05) is 29.8 Å². The minimum absolute atomic E-state index is 0.0499. The number of likely N-dealkylation sites (N-methyl/N-ethyl adjacent to an activating group) is 1. The first-order valence-electron chi connectivity index (χ1n) is 8.78. The van der Waals surface area contributed by atoms with Gasteiger partial charge in [0.1, 0.15) is 0 Å². The highest BCUT2D eigenvalue weighted by Crippen LogP contribution is 2.26. The summed E-state index contributed by atoms with van der Waals surface area (Å²) in [6.45, 7) is 1.24. The second-order valence-corrected chi connectivity index (χ2v) is 7.08. The number of aryl methyl sites for hydroxylation is 1. The van der Waals surface area contributed by atoms with Crippen LogP contribution in [0.25, 0.3) is 0 Å². The predicted octanol–water partition coefficient (Wildman–Crippen LogP) is 1.77. The monoisotopic (exact) mass is 372 g/mol. The highest BCUT2D eigenvalue weighted by Gasteiger charge is 2.25. The summed E-state index contributed by atoms with van der Waals surface area (Å²) in [4.78, 5) is 27.6. The molecule has 2 amide bonds. The van der Waals surface area contributed by atoms with Crippen molar-refractivity contribution in [3.8, 4) is 0 Å². The van der Waals surface area contributed by atoms with Crippen LogP contribution in [0.4, 0.5) is 11.4 Å². The molecule has 0 radical (unpaired) electrons. The summed E-state index contributed by atoms with van der Waals surface area (Å²) in [6.07, 6.45) is 1.98. The van der Waals surface area contributed by atoms with Gasteiger partial charge in [0.25, 0.3) is 11.8 Å². The number of para-hydroxylation sites is 1. The SMILES string of the molecule is C[NH+](CC(=O)Nc1ccc(Cl)cc1)CC(=O)N1CCCc2ccccc21. The van der Waals surface area contributed by atoms with E-state index >= 15 is 0 Å². The lowest BCUT2D eigenvalue weighted by molar-refractivity contribution is -0.862. The van der Waals surface area contributed by atoms with E-state index in [4.69, 9.17) is 11.6 Å². The van der Waals surface area contributed by atoms with Crippen LogP contribution in [0.3, 0.4) is 0 Å². The van der Waals surface area contributed by atoms with E-state index in [2.05, 4.69) is 11.4 Å². The van der Waals surface area contributed by atoms with Gasteiger partial charge in [0.05, 0.1) is 7.05 Å². The van der Waals surface area contributed by atoms with Crippen molar-refractivity contribution in [1.29, 1.82) is 0 Å². The Labute approximate surface area is 158 Å². The number of nitrogens with zero attached hydrogens (tertiary/aromatic N) is 1. The third kappa shape index (κ3) is 4.62. The molecule has 2 aromatic rings. The van der Waals surface area contributed by atoms with Crippen molar-refractivity contribution in [2.24, 2.45) is 0 Å². The van der Waals surface area contributed by atoms with Crippen LogP contribution in [0.15, 0.2) is 48.5 Å². The Morgan fingerprint density at radius 1 is 1.12 bits per heavy atom. The lowest BCUT2D eigenvalue weighted by Gasteiger charge is -2.29. The minimum Gasteiger partial charge on any atom is -0.322 e. The van der Waals surface area contributed by atoms with Crippen LogP contribution in [0.1, 0.15) is 12.0 Å². The summed E-state index contributed by atoms with van der Waals surface area (Å²) < 4.78 is 0. The highest BCUT2D eigenvalue weighted by atomic mass is 35.5. The molecule has 1 aliphatic heterocycles. The van der Waals surface area contributed by atoms with E-state index in [1.807, 2.05) is 30.1 Å². The number of hydrogen-bond acceptors (Lipinski definition) is 2. The molecule has 1 heterocycles. The maximum atomic E-state index is 12.7. The first-order valence-corrected chi connectivity index (χ1v) is 9.16. The van der Waals surface area contributed by atoms with E-state index in [0.717, 1.165) is 30.0 Å². The van der Waals surface area contributed by atoms with E-state index in [1.54, 1.807) is 24.3 Å². The number of halogens is 1. The summed E-state index contributed by atoms with van der Waals surface area (Å²) in [5, 5.41) is 3.45. The summed E-state index contributed by atoms with van der Waals surface area (Å²) in [5.74, 6) is -0.0781. The van der Waals surface area contributed by atoms with Crippen molar-refractivity contribution in [2.45, 2.75) is 12.8 Å². The van der Waals surface area contributed by atoms with E-state index in [-0.39, 0.29) is 24.9 Å². The number of carbonyl (C=O) groups excluding carboxylic acids is 2. The third-order valence-corrected chi connectivity index (χ3v) is 4.71. The number of quaternary nitrogens is 1. The Balaban J connectivity index is 1.54. The molecule has 26 heavy (non-hydrogen) atoms. The Morgan fingerprint density at radius 3 is 2.62 bits per heavy atom. The fraction of sp³-hybridized carbons (Fsp3) is 0.300. The second kappa shape index (κ2) is 8.34. The van der Waals surface area contributed by atoms with Crippen LogP contribution in [-0.2, 0) is 16.0 Å². The molecule has 1 aliphatic rings. The first-order chi connectivity index (χ1) is 12.5. The van der Waals surface area contributed by atoms with E-state index in [9.17, 15) is 9.59 Å². The van der Waals surface area contributed by atoms with Crippen LogP contribution >= 0.6 is 11.6 Å². The standard InChI is InChI=1S/C20H22ClN3O2/c1-23(13-19(25)22-17-10-8-16(21)9-11-17)14-20(26)24-12-4-6-15-5-2-3-7-18(15)24/h2-3,5,7-11H,4,6,12-14H2,1H3,(H,22,25)/p+1. The maximum absolute atomic E-state index is 12.7. The average molecular weight is 373 g/mol. The number of benzene rings is 2. The van der Waals surface area contributed by atoms with Gasteiger partial charge in [0.15, 0.2) is 13.1 Å². The third-order valence-electron chi connectivity index (χ3n) is 4.45. The molecule has 0 aliphatic carbocycles. The van der Waals surface area contributed by atoms with Gasteiger partial charge in [-0.2, -0.15) is 0 Å². The molecule has 3 rings (SSSR count). The Kier molecular flexibility index (Phi) is 5.91. The van der Waals surface area contributed by atoms with Gasteiger partial charge in [-0.15, -0.1) is 0 Å². The fourth-order valence-electron chi connectivity index (χ4n) is 3.22. The zero-order valence-electron chi connectivity index (χ0n) is 14.8. The molecule has 0 bridgehead atoms. The van der Waals surface area contributed by atoms with Crippen LogP contribution in [0.5, 0.6) is 0 Å². The zero-order valence-corrected chi connectivity index (χ0v) is 15.6. The Morgan fingerprint density at radius 2 is 1.85 bits per heavy atom. The first kappa shape index (κ1) is 18.4. The van der Waals surface area contributed by atoms with Crippen LogP contribution in [0.2, 0.25) is 5.02 Å². The molecule has 6 heteroatoms. The molecule has 1 atom stereocenters. The Bertz CT molecular complexity index is 792. The van der Waals surface area contributed by atoms with Crippen molar-refractivity contribution in [2.75, 3.05) is 36.9 Å². The molecule has 5 nitrogen and oxygen atoms in total. The van der Waals surface area contributed by atoms with Gasteiger partial charge in [-0.3, -0.25) is 9.59 Å². The molecule has 2 N–H and O–H groups in total. The number of nitrogens with one attached hydrogen (secondary N) is 2. The summed E-state index contributed by atoms with van der Waals surface area (Å²) in [7, 11) is 1.86. The van der Waals surface area contributed by atoms with Crippen LogP contribution in [0, 0.1) is 0 Å². The van der Waals surface area contributed by atoms with Crippen molar-refractivity contribution in [3.05, 3.63) is 59.1 Å².